The van der Waals surface area contributed by atoms with E-state index in [1.807, 2.05) is 41.1 Å². The number of hydrogen-bond donors (Lipinski definition) is 1. The van der Waals surface area contributed by atoms with Crippen molar-refractivity contribution in [2.24, 2.45) is 0 Å². The van der Waals surface area contributed by atoms with Crippen molar-refractivity contribution in [3.05, 3.63) is 65.1 Å². The van der Waals surface area contributed by atoms with E-state index in [1.54, 1.807) is 12.1 Å². The molecule has 0 amide bonds. The quantitative estimate of drug-likeness (QED) is 0.766. The van der Waals surface area contributed by atoms with Crippen LogP contribution >= 0.6 is 11.6 Å². The van der Waals surface area contributed by atoms with Gasteiger partial charge >= 0.3 is 0 Å². The number of halogens is 1. The number of imidazole rings is 1. The lowest BCUT2D eigenvalue weighted by Crippen LogP contribution is -1.87. The Morgan fingerprint density at radius 3 is 2.72 bits per heavy atom. The minimum atomic E-state index is 0.278. The molecule has 90 valence electrons. The SMILES string of the molecule is Oc1ccc(Cc2cn3ccc(Cl)cc3n2)cc1. The molecule has 1 aromatic carbocycles. The van der Waals surface area contributed by atoms with Gasteiger partial charge in [-0.2, -0.15) is 0 Å². The zero-order chi connectivity index (χ0) is 12.5. The minimum Gasteiger partial charge on any atom is -0.508 e. The molecule has 2 aromatic heterocycles. The van der Waals surface area contributed by atoms with Crippen LogP contribution < -0.4 is 0 Å². The second-order valence-corrected chi connectivity index (χ2v) is 4.62. The predicted octanol–water partition coefficient (Wildman–Crippen LogP) is 3.28. The van der Waals surface area contributed by atoms with E-state index >= 15 is 0 Å². The van der Waals surface area contributed by atoms with Crippen molar-refractivity contribution in [3.63, 3.8) is 0 Å². The van der Waals surface area contributed by atoms with E-state index in [4.69, 9.17) is 11.6 Å². The fourth-order valence-corrected chi connectivity index (χ4v) is 2.07. The summed E-state index contributed by atoms with van der Waals surface area (Å²) in [4.78, 5) is 4.51. The molecule has 0 saturated heterocycles. The number of aromatic hydroxyl groups is 1. The molecule has 3 nitrogen and oxygen atoms in total. The zero-order valence-corrected chi connectivity index (χ0v) is 10.3. The predicted molar refractivity (Wildman–Crippen MR) is 71.1 cm³/mol. The average molecular weight is 259 g/mol. The molecule has 18 heavy (non-hydrogen) atoms. The van der Waals surface area contributed by atoms with Gasteiger partial charge in [0.05, 0.1) is 5.69 Å². The molecule has 0 radical (unpaired) electrons. The highest BCUT2D eigenvalue weighted by Gasteiger charge is 2.03. The summed E-state index contributed by atoms with van der Waals surface area (Å²) >= 11 is 5.92. The van der Waals surface area contributed by atoms with E-state index < -0.39 is 0 Å². The van der Waals surface area contributed by atoms with Gasteiger partial charge in [-0.3, -0.25) is 0 Å². The molecule has 0 bridgehead atoms. The summed E-state index contributed by atoms with van der Waals surface area (Å²) in [5.74, 6) is 0.278. The molecule has 0 atom stereocenters. The van der Waals surface area contributed by atoms with E-state index in [1.165, 1.54) is 0 Å². The van der Waals surface area contributed by atoms with Crippen molar-refractivity contribution in [1.82, 2.24) is 9.38 Å². The molecule has 1 N–H and O–H groups in total. The van der Waals surface area contributed by atoms with Gasteiger partial charge in [-0.05, 0) is 29.8 Å². The summed E-state index contributed by atoms with van der Waals surface area (Å²) in [6.45, 7) is 0. The molecule has 0 aliphatic heterocycles. The smallest absolute Gasteiger partial charge is 0.138 e. The van der Waals surface area contributed by atoms with Crippen LogP contribution in [0.4, 0.5) is 0 Å². The van der Waals surface area contributed by atoms with Gasteiger partial charge in [-0.25, -0.2) is 4.98 Å². The molecule has 3 rings (SSSR count). The van der Waals surface area contributed by atoms with Crippen LogP contribution in [0.2, 0.25) is 5.02 Å². The maximum atomic E-state index is 9.23. The Hall–Kier alpha value is -2.00. The van der Waals surface area contributed by atoms with Crippen molar-refractivity contribution in [2.45, 2.75) is 6.42 Å². The number of hydrogen-bond acceptors (Lipinski definition) is 2. The second-order valence-electron chi connectivity index (χ2n) is 4.19. The summed E-state index contributed by atoms with van der Waals surface area (Å²) in [5, 5.41) is 9.92. The third-order valence-electron chi connectivity index (χ3n) is 2.79. The van der Waals surface area contributed by atoms with Crippen LogP contribution in [0.15, 0.2) is 48.8 Å². The first-order chi connectivity index (χ1) is 8.70. The number of phenols is 1. The Balaban J connectivity index is 1.92. The molecule has 0 saturated carbocycles. The number of pyridine rings is 1. The minimum absolute atomic E-state index is 0.278. The first-order valence-electron chi connectivity index (χ1n) is 5.62. The fourth-order valence-electron chi connectivity index (χ4n) is 1.92. The Bertz CT molecular complexity index is 689. The van der Waals surface area contributed by atoms with Gasteiger partial charge in [0.1, 0.15) is 11.4 Å². The van der Waals surface area contributed by atoms with Crippen LogP contribution in [0, 0.1) is 0 Å². The van der Waals surface area contributed by atoms with Crippen molar-refractivity contribution < 1.29 is 5.11 Å². The number of phenolic OH excluding ortho intramolecular Hbond substituents is 1. The van der Waals surface area contributed by atoms with Crippen LogP contribution in [0.3, 0.4) is 0 Å². The van der Waals surface area contributed by atoms with Gasteiger partial charge < -0.3 is 9.51 Å². The van der Waals surface area contributed by atoms with E-state index in [2.05, 4.69) is 4.98 Å². The number of fused-ring (bicyclic) bond motifs is 1. The van der Waals surface area contributed by atoms with Crippen LogP contribution in [-0.2, 0) is 6.42 Å². The standard InChI is InChI=1S/C14H11ClN2O/c15-11-5-6-17-9-12(16-14(17)8-11)7-10-1-3-13(18)4-2-10/h1-6,8-9,18H,7H2. The lowest BCUT2D eigenvalue weighted by atomic mass is 10.1. The first-order valence-corrected chi connectivity index (χ1v) is 5.99. The van der Waals surface area contributed by atoms with E-state index in [9.17, 15) is 5.11 Å². The van der Waals surface area contributed by atoms with Crippen molar-refractivity contribution in [3.8, 4) is 5.75 Å². The molecular formula is C14H11ClN2O. The molecule has 2 heterocycles. The molecule has 4 heteroatoms. The van der Waals surface area contributed by atoms with Crippen LogP contribution in [0.25, 0.3) is 5.65 Å². The molecule has 0 unspecified atom stereocenters. The number of benzene rings is 1. The molecule has 0 fully saturated rings. The summed E-state index contributed by atoms with van der Waals surface area (Å²) in [5.41, 5.74) is 2.93. The third-order valence-corrected chi connectivity index (χ3v) is 3.03. The highest BCUT2D eigenvalue weighted by atomic mass is 35.5. The molecule has 0 aliphatic carbocycles. The van der Waals surface area contributed by atoms with E-state index in [0.29, 0.717) is 5.02 Å². The molecule has 3 aromatic rings. The first kappa shape index (κ1) is 11.1. The maximum absolute atomic E-state index is 9.23. The normalized spacial score (nSPS) is 10.9. The largest absolute Gasteiger partial charge is 0.508 e. The fraction of sp³-hybridized carbons (Fsp3) is 0.0714. The summed E-state index contributed by atoms with van der Waals surface area (Å²) in [7, 11) is 0. The molecule has 0 spiro atoms. The van der Waals surface area contributed by atoms with Gasteiger partial charge in [0, 0.05) is 23.8 Å². The third kappa shape index (κ3) is 2.17. The van der Waals surface area contributed by atoms with E-state index in [-0.39, 0.29) is 5.75 Å². The number of aromatic nitrogens is 2. The van der Waals surface area contributed by atoms with E-state index in [0.717, 1.165) is 23.3 Å². The van der Waals surface area contributed by atoms with Crippen LogP contribution in [0.1, 0.15) is 11.3 Å². The zero-order valence-electron chi connectivity index (χ0n) is 9.55. The van der Waals surface area contributed by atoms with Crippen LogP contribution in [0.5, 0.6) is 5.75 Å². The molecular weight excluding hydrogens is 248 g/mol. The lowest BCUT2D eigenvalue weighted by molar-refractivity contribution is 0.475. The maximum Gasteiger partial charge on any atom is 0.138 e. The lowest BCUT2D eigenvalue weighted by Gasteiger charge is -1.97. The summed E-state index contributed by atoms with van der Waals surface area (Å²) in [6.07, 6.45) is 4.61. The van der Waals surface area contributed by atoms with Crippen molar-refractivity contribution in [1.29, 1.82) is 0 Å². The van der Waals surface area contributed by atoms with Crippen molar-refractivity contribution in [2.75, 3.05) is 0 Å². The average Bonchev–Trinajstić information content (AvgIpc) is 2.73. The topological polar surface area (TPSA) is 37.5 Å². The summed E-state index contributed by atoms with van der Waals surface area (Å²) < 4.78 is 1.95. The van der Waals surface area contributed by atoms with Gasteiger partial charge in [-0.1, -0.05) is 23.7 Å². The van der Waals surface area contributed by atoms with Crippen molar-refractivity contribution >= 4 is 17.2 Å². The van der Waals surface area contributed by atoms with Crippen LogP contribution in [-0.4, -0.2) is 14.5 Å². The monoisotopic (exact) mass is 258 g/mol. The van der Waals surface area contributed by atoms with Gasteiger partial charge in [0.2, 0.25) is 0 Å². The molecule has 0 aliphatic rings. The Morgan fingerprint density at radius 1 is 1.17 bits per heavy atom. The second kappa shape index (κ2) is 4.35. The van der Waals surface area contributed by atoms with Gasteiger partial charge in [0.15, 0.2) is 0 Å². The number of rotatable bonds is 2. The van der Waals surface area contributed by atoms with Gasteiger partial charge in [0.25, 0.3) is 0 Å². The number of nitrogens with zero attached hydrogens (tertiary/aromatic N) is 2. The Kier molecular flexibility index (Phi) is 2.68. The Morgan fingerprint density at radius 2 is 1.94 bits per heavy atom. The van der Waals surface area contributed by atoms with Gasteiger partial charge in [-0.15, -0.1) is 0 Å². The highest BCUT2D eigenvalue weighted by Crippen LogP contribution is 2.16. The summed E-state index contributed by atoms with van der Waals surface area (Å²) in [6, 6.07) is 10.8. The Labute approximate surface area is 109 Å². The highest BCUT2D eigenvalue weighted by molar-refractivity contribution is 6.30.